The summed E-state index contributed by atoms with van der Waals surface area (Å²) in [4.78, 5) is 25.3. The number of aromatic nitrogens is 3. The Morgan fingerprint density at radius 3 is 2.93 bits per heavy atom. The molecule has 0 atom stereocenters. The summed E-state index contributed by atoms with van der Waals surface area (Å²) in [6.45, 7) is 0.401. The van der Waals surface area contributed by atoms with Gasteiger partial charge in [-0.3, -0.25) is 9.78 Å². The van der Waals surface area contributed by atoms with Gasteiger partial charge in [-0.2, -0.15) is 5.26 Å². The van der Waals surface area contributed by atoms with Crippen molar-refractivity contribution < 1.29 is 4.79 Å². The average molecular weight is 408 g/mol. The molecule has 4 N–H and O–H groups in total. The monoisotopic (exact) mass is 407 g/mol. The van der Waals surface area contributed by atoms with Gasteiger partial charge in [0.05, 0.1) is 21.8 Å². The van der Waals surface area contributed by atoms with Crippen molar-refractivity contribution in [2.75, 3.05) is 17.6 Å². The van der Waals surface area contributed by atoms with E-state index in [1.807, 2.05) is 24.3 Å². The summed E-state index contributed by atoms with van der Waals surface area (Å²) in [7, 11) is 0. The molecule has 1 aromatic carbocycles. The molecule has 4 rings (SSSR count). The van der Waals surface area contributed by atoms with Crippen LogP contribution in [0.1, 0.15) is 34.5 Å². The molecule has 2 heterocycles. The van der Waals surface area contributed by atoms with Crippen molar-refractivity contribution in [3.8, 4) is 6.07 Å². The number of benzene rings is 1. The summed E-state index contributed by atoms with van der Waals surface area (Å²) in [5.41, 5.74) is 7.70. The molecule has 8 nitrogen and oxygen atoms in total. The van der Waals surface area contributed by atoms with Crippen molar-refractivity contribution in [1.82, 2.24) is 20.3 Å². The number of halogens is 1. The largest absolute Gasteiger partial charge is 0.382 e. The number of pyridine rings is 1. The van der Waals surface area contributed by atoms with E-state index in [-0.39, 0.29) is 23.3 Å². The van der Waals surface area contributed by atoms with Crippen molar-refractivity contribution >= 4 is 40.0 Å². The fourth-order valence-electron chi connectivity index (χ4n) is 3.02. The summed E-state index contributed by atoms with van der Waals surface area (Å²) in [6, 6.07) is 9.54. The van der Waals surface area contributed by atoms with E-state index >= 15 is 0 Å². The van der Waals surface area contributed by atoms with Crippen molar-refractivity contribution in [3.05, 3.63) is 52.4 Å². The number of para-hydroxylation sites is 1. The zero-order chi connectivity index (χ0) is 20.4. The van der Waals surface area contributed by atoms with Crippen molar-refractivity contribution in [3.63, 3.8) is 0 Å². The Morgan fingerprint density at radius 2 is 2.17 bits per heavy atom. The predicted molar refractivity (Wildman–Crippen MR) is 111 cm³/mol. The quantitative estimate of drug-likeness (QED) is 0.572. The molecule has 0 bridgehead atoms. The van der Waals surface area contributed by atoms with Gasteiger partial charge in [0.25, 0.3) is 5.91 Å². The predicted octanol–water partition coefficient (Wildman–Crippen LogP) is 2.68. The number of amides is 1. The second-order valence-corrected chi connectivity index (χ2v) is 7.22. The van der Waals surface area contributed by atoms with Crippen molar-refractivity contribution in [2.45, 2.75) is 25.3 Å². The Balaban J connectivity index is 1.61. The van der Waals surface area contributed by atoms with Crippen LogP contribution in [0, 0.1) is 11.3 Å². The number of hydrogen-bond donors (Lipinski definition) is 3. The molecule has 0 spiro atoms. The van der Waals surface area contributed by atoms with Crippen LogP contribution < -0.4 is 16.4 Å². The SMILES string of the molecule is N#Cc1c(N)ncnc1NCCc1nc2c(Cl)cccc2cc1C(=O)NC1CC1. The molecular formula is C20H18ClN7O. The molecule has 1 aliphatic carbocycles. The second kappa shape index (κ2) is 7.89. The summed E-state index contributed by atoms with van der Waals surface area (Å²) in [5, 5.41) is 16.7. The minimum atomic E-state index is -0.138. The average Bonchev–Trinajstić information content (AvgIpc) is 3.52. The lowest BCUT2D eigenvalue weighted by atomic mass is 10.1. The number of anilines is 2. The molecule has 146 valence electrons. The Bertz CT molecular complexity index is 1140. The highest BCUT2D eigenvalue weighted by Crippen LogP contribution is 2.26. The van der Waals surface area contributed by atoms with Gasteiger partial charge in [-0.25, -0.2) is 9.97 Å². The maximum absolute atomic E-state index is 12.7. The molecule has 1 saturated carbocycles. The van der Waals surface area contributed by atoms with Gasteiger partial charge < -0.3 is 16.4 Å². The molecule has 29 heavy (non-hydrogen) atoms. The summed E-state index contributed by atoms with van der Waals surface area (Å²) in [5.74, 6) is 0.328. The van der Waals surface area contributed by atoms with E-state index in [1.54, 1.807) is 6.07 Å². The number of nitrogens with two attached hydrogens (primary N) is 1. The number of nitrogen functional groups attached to an aromatic ring is 1. The minimum Gasteiger partial charge on any atom is -0.382 e. The molecule has 1 fully saturated rings. The minimum absolute atomic E-state index is 0.116. The smallest absolute Gasteiger partial charge is 0.253 e. The molecule has 0 unspecified atom stereocenters. The van der Waals surface area contributed by atoms with Gasteiger partial charge in [0.2, 0.25) is 0 Å². The maximum atomic E-state index is 12.7. The summed E-state index contributed by atoms with van der Waals surface area (Å²) in [6.07, 6.45) is 3.73. The highest BCUT2D eigenvalue weighted by molar-refractivity contribution is 6.35. The fourth-order valence-corrected chi connectivity index (χ4v) is 3.25. The van der Waals surface area contributed by atoms with E-state index < -0.39 is 0 Å². The van der Waals surface area contributed by atoms with E-state index in [2.05, 4.69) is 25.6 Å². The number of nitriles is 1. The van der Waals surface area contributed by atoms with Gasteiger partial charge in [0.15, 0.2) is 0 Å². The lowest BCUT2D eigenvalue weighted by Gasteiger charge is -2.13. The van der Waals surface area contributed by atoms with Crippen molar-refractivity contribution in [1.29, 1.82) is 5.26 Å². The number of fused-ring (bicyclic) bond motifs is 1. The van der Waals surface area contributed by atoms with Crippen LogP contribution in [0.25, 0.3) is 10.9 Å². The Labute approximate surface area is 172 Å². The first-order chi connectivity index (χ1) is 14.1. The van der Waals surface area contributed by atoms with Gasteiger partial charge in [0, 0.05) is 24.4 Å². The van der Waals surface area contributed by atoms with Crippen LogP contribution in [-0.2, 0) is 6.42 Å². The second-order valence-electron chi connectivity index (χ2n) is 6.81. The molecule has 0 saturated heterocycles. The topological polar surface area (TPSA) is 130 Å². The number of carbonyl (C=O) groups excluding carboxylic acids is 1. The van der Waals surface area contributed by atoms with E-state index in [4.69, 9.17) is 17.3 Å². The number of rotatable bonds is 6. The van der Waals surface area contributed by atoms with Crippen LogP contribution in [0.15, 0.2) is 30.6 Å². The lowest BCUT2D eigenvalue weighted by molar-refractivity contribution is 0.0950. The van der Waals surface area contributed by atoms with Gasteiger partial charge >= 0.3 is 0 Å². The number of nitrogens with one attached hydrogen (secondary N) is 2. The first kappa shape index (κ1) is 18.9. The van der Waals surface area contributed by atoms with Gasteiger partial charge in [-0.05, 0) is 25.0 Å². The molecule has 1 amide bonds. The van der Waals surface area contributed by atoms with Gasteiger partial charge in [0.1, 0.15) is 29.6 Å². The summed E-state index contributed by atoms with van der Waals surface area (Å²) < 4.78 is 0. The standard InChI is InChI=1S/C20H18ClN7O/c21-15-3-1-2-11-8-13(20(29)27-12-4-5-12)16(28-17(11)15)6-7-24-19-14(9-22)18(23)25-10-26-19/h1-3,8,10,12H,4-7H2,(H,27,29)(H3,23,24,25,26). The van der Waals surface area contributed by atoms with Crippen LogP contribution in [0.5, 0.6) is 0 Å². The number of nitrogens with zero attached hydrogens (tertiary/aromatic N) is 4. The van der Waals surface area contributed by atoms with Gasteiger partial charge in [-0.1, -0.05) is 23.7 Å². The third kappa shape index (κ3) is 4.05. The van der Waals surface area contributed by atoms with Crippen LogP contribution in [0.3, 0.4) is 0 Å². The highest BCUT2D eigenvalue weighted by Gasteiger charge is 2.25. The van der Waals surface area contributed by atoms with Crippen LogP contribution >= 0.6 is 11.6 Å². The fraction of sp³-hybridized carbons (Fsp3) is 0.250. The number of carbonyl (C=O) groups is 1. The van der Waals surface area contributed by atoms with Crippen LogP contribution in [-0.4, -0.2) is 33.4 Å². The first-order valence-electron chi connectivity index (χ1n) is 9.20. The van der Waals surface area contributed by atoms with Crippen LogP contribution in [0.4, 0.5) is 11.6 Å². The maximum Gasteiger partial charge on any atom is 0.253 e. The molecular weight excluding hydrogens is 390 g/mol. The van der Waals surface area contributed by atoms with Crippen molar-refractivity contribution in [2.24, 2.45) is 0 Å². The Hall–Kier alpha value is -3.44. The van der Waals surface area contributed by atoms with E-state index in [0.29, 0.717) is 40.6 Å². The Morgan fingerprint density at radius 1 is 1.34 bits per heavy atom. The Kier molecular flexibility index (Phi) is 5.14. The van der Waals surface area contributed by atoms with E-state index in [9.17, 15) is 10.1 Å². The highest BCUT2D eigenvalue weighted by atomic mass is 35.5. The normalized spacial score (nSPS) is 13.1. The third-order valence-electron chi connectivity index (χ3n) is 4.68. The van der Waals surface area contributed by atoms with E-state index in [1.165, 1.54) is 6.33 Å². The lowest BCUT2D eigenvalue weighted by Crippen LogP contribution is -2.27. The molecule has 2 aromatic heterocycles. The third-order valence-corrected chi connectivity index (χ3v) is 4.98. The zero-order valence-corrected chi connectivity index (χ0v) is 16.2. The number of hydrogen-bond acceptors (Lipinski definition) is 7. The van der Waals surface area contributed by atoms with E-state index in [0.717, 1.165) is 18.2 Å². The van der Waals surface area contributed by atoms with Gasteiger partial charge in [-0.15, -0.1) is 0 Å². The summed E-state index contributed by atoms with van der Waals surface area (Å²) >= 11 is 6.30. The van der Waals surface area contributed by atoms with Crippen LogP contribution in [0.2, 0.25) is 5.02 Å². The molecule has 0 radical (unpaired) electrons. The molecule has 9 heteroatoms. The first-order valence-corrected chi connectivity index (χ1v) is 9.58. The molecule has 0 aliphatic heterocycles. The molecule has 3 aromatic rings. The zero-order valence-electron chi connectivity index (χ0n) is 15.4. The molecule has 1 aliphatic rings.